The number of amides is 1. The first-order valence-corrected chi connectivity index (χ1v) is 6.27. The van der Waals surface area contributed by atoms with E-state index in [4.69, 9.17) is 4.74 Å². The highest BCUT2D eigenvalue weighted by Crippen LogP contribution is 2.26. The van der Waals surface area contributed by atoms with E-state index in [0.717, 1.165) is 11.1 Å². The van der Waals surface area contributed by atoms with Crippen LogP contribution in [0.4, 0.5) is 5.69 Å². The second-order valence-corrected chi connectivity index (χ2v) is 4.64. The van der Waals surface area contributed by atoms with E-state index in [-0.39, 0.29) is 11.7 Å². The fourth-order valence-electron chi connectivity index (χ4n) is 1.97. The minimum absolute atomic E-state index is 0.197. The molecule has 4 heteroatoms. The number of aryl methyl sites for hydroxylation is 2. The Kier molecular flexibility index (Phi) is 3.94. The van der Waals surface area contributed by atoms with Crippen LogP contribution in [0.25, 0.3) is 0 Å². The molecule has 0 fully saturated rings. The van der Waals surface area contributed by atoms with E-state index in [9.17, 15) is 9.90 Å². The number of carbonyl (C=O) groups is 1. The van der Waals surface area contributed by atoms with Crippen LogP contribution in [0.5, 0.6) is 11.5 Å². The van der Waals surface area contributed by atoms with E-state index < -0.39 is 0 Å². The quantitative estimate of drug-likeness (QED) is 0.842. The lowest BCUT2D eigenvalue weighted by Crippen LogP contribution is -2.12. The maximum Gasteiger partial charge on any atom is 0.255 e. The van der Waals surface area contributed by atoms with Gasteiger partial charge >= 0.3 is 0 Å². The van der Waals surface area contributed by atoms with Crippen molar-refractivity contribution in [2.75, 3.05) is 12.4 Å². The van der Waals surface area contributed by atoms with Gasteiger partial charge in [-0.05, 0) is 61.4 Å². The number of phenolic OH excluding ortho intramolecular Hbond substituents is 1. The summed E-state index contributed by atoms with van der Waals surface area (Å²) in [7, 11) is 1.58. The number of phenols is 1. The molecule has 104 valence electrons. The van der Waals surface area contributed by atoms with Gasteiger partial charge in [0.15, 0.2) is 0 Å². The van der Waals surface area contributed by atoms with Gasteiger partial charge in [-0.15, -0.1) is 0 Å². The molecule has 4 nitrogen and oxygen atoms in total. The van der Waals surface area contributed by atoms with Gasteiger partial charge in [0, 0.05) is 11.3 Å². The van der Waals surface area contributed by atoms with Crippen molar-refractivity contribution in [1.82, 2.24) is 0 Å². The Morgan fingerprint density at radius 3 is 2.15 bits per heavy atom. The largest absolute Gasteiger partial charge is 0.507 e. The van der Waals surface area contributed by atoms with Gasteiger partial charge in [0.25, 0.3) is 5.91 Å². The fraction of sp³-hybridized carbons (Fsp3) is 0.188. The molecule has 0 radical (unpaired) electrons. The first-order valence-electron chi connectivity index (χ1n) is 6.27. The van der Waals surface area contributed by atoms with Crippen molar-refractivity contribution < 1.29 is 14.6 Å². The summed E-state index contributed by atoms with van der Waals surface area (Å²) in [5.74, 6) is 0.766. The van der Waals surface area contributed by atoms with Crippen LogP contribution in [-0.4, -0.2) is 18.1 Å². The molecule has 2 rings (SSSR count). The number of methoxy groups -OCH3 is 1. The Morgan fingerprint density at radius 2 is 1.65 bits per heavy atom. The third kappa shape index (κ3) is 2.91. The van der Waals surface area contributed by atoms with E-state index in [2.05, 4.69) is 5.32 Å². The minimum Gasteiger partial charge on any atom is -0.507 e. The van der Waals surface area contributed by atoms with Crippen molar-refractivity contribution in [3.8, 4) is 11.5 Å². The summed E-state index contributed by atoms with van der Waals surface area (Å²) in [6.45, 7) is 3.59. The van der Waals surface area contributed by atoms with Gasteiger partial charge in [-0.3, -0.25) is 4.79 Å². The second kappa shape index (κ2) is 5.65. The van der Waals surface area contributed by atoms with Crippen molar-refractivity contribution in [3.05, 3.63) is 53.1 Å². The molecule has 2 aromatic rings. The lowest BCUT2D eigenvalue weighted by molar-refractivity contribution is 0.102. The predicted molar refractivity (Wildman–Crippen MR) is 78.5 cm³/mol. The van der Waals surface area contributed by atoms with Crippen LogP contribution in [0.2, 0.25) is 0 Å². The highest BCUT2D eigenvalue weighted by Gasteiger charge is 2.09. The number of nitrogens with one attached hydrogen (secondary N) is 1. The zero-order chi connectivity index (χ0) is 14.7. The van der Waals surface area contributed by atoms with E-state index in [1.54, 1.807) is 57.4 Å². The average molecular weight is 271 g/mol. The summed E-state index contributed by atoms with van der Waals surface area (Å²) in [6.07, 6.45) is 0. The number of anilines is 1. The molecular weight excluding hydrogens is 254 g/mol. The smallest absolute Gasteiger partial charge is 0.255 e. The molecular formula is C16H17NO3. The molecule has 1 amide bonds. The van der Waals surface area contributed by atoms with Crippen LogP contribution in [0, 0.1) is 13.8 Å². The maximum atomic E-state index is 12.1. The van der Waals surface area contributed by atoms with Crippen molar-refractivity contribution in [2.45, 2.75) is 13.8 Å². The van der Waals surface area contributed by atoms with Crippen molar-refractivity contribution >= 4 is 11.6 Å². The van der Waals surface area contributed by atoms with Gasteiger partial charge in [-0.2, -0.15) is 0 Å². The van der Waals surface area contributed by atoms with Gasteiger partial charge in [0.05, 0.1) is 7.11 Å². The average Bonchev–Trinajstić information content (AvgIpc) is 2.44. The molecule has 0 saturated heterocycles. The highest BCUT2D eigenvalue weighted by molar-refractivity contribution is 6.04. The zero-order valence-electron chi connectivity index (χ0n) is 11.7. The summed E-state index contributed by atoms with van der Waals surface area (Å²) in [5.41, 5.74) is 2.68. The second-order valence-electron chi connectivity index (χ2n) is 4.64. The number of ether oxygens (including phenoxy) is 1. The van der Waals surface area contributed by atoms with E-state index in [0.29, 0.717) is 17.0 Å². The predicted octanol–water partition coefficient (Wildman–Crippen LogP) is 3.27. The third-order valence-electron chi connectivity index (χ3n) is 3.10. The van der Waals surface area contributed by atoms with Gasteiger partial charge in [0.2, 0.25) is 0 Å². The molecule has 0 aliphatic rings. The molecule has 20 heavy (non-hydrogen) atoms. The molecule has 2 aromatic carbocycles. The molecule has 0 aliphatic heterocycles. The SMILES string of the molecule is COc1ccc(C(=O)Nc2cc(C)c(O)c(C)c2)cc1. The molecule has 0 aliphatic carbocycles. The van der Waals surface area contributed by atoms with Crippen LogP contribution in [0.1, 0.15) is 21.5 Å². The molecule has 2 N–H and O–H groups in total. The minimum atomic E-state index is -0.197. The van der Waals surface area contributed by atoms with Crippen molar-refractivity contribution in [3.63, 3.8) is 0 Å². The summed E-state index contributed by atoms with van der Waals surface area (Å²) < 4.78 is 5.05. The molecule has 0 bridgehead atoms. The number of aromatic hydroxyl groups is 1. The highest BCUT2D eigenvalue weighted by atomic mass is 16.5. The first kappa shape index (κ1) is 13.9. The summed E-state index contributed by atoms with van der Waals surface area (Å²) in [4.78, 5) is 12.1. The van der Waals surface area contributed by atoms with E-state index >= 15 is 0 Å². The normalized spacial score (nSPS) is 10.2. The van der Waals surface area contributed by atoms with Crippen molar-refractivity contribution in [2.24, 2.45) is 0 Å². The monoisotopic (exact) mass is 271 g/mol. The number of hydrogen-bond acceptors (Lipinski definition) is 3. The standard InChI is InChI=1S/C16H17NO3/c1-10-8-13(9-11(2)15(10)18)17-16(19)12-4-6-14(20-3)7-5-12/h4-9,18H,1-3H3,(H,17,19). The molecule has 0 heterocycles. The first-order chi connectivity index (χ1) is 9.51. The van der Waals surface area contributed by atoms with Crippen LogP contribution < -0.4 is 10.1 Å². The summed E-state index contributed by atoms with van der Waals surface area (Å²) in [6, 6.07) is 10.4. The van der Waals surface area contributed by atoms with Crippen LogP contribution >= 0.6 is 0 Å². The molecule has 0 aromatic heterocycles. The molecule has 0 saturated carbocycles. The number of rotatable bonds is 3. The maximum absolute atomic E-state index is 12.1. The van der Waals surface area contributed by atoms with Gasteiger partial charge < -0.3 is 15.2 Å². The lowest BCUT2D eigenvalue weighted by atomic mass is 10.1. The van der Waals surface area contributed by atoms with Crippen molar-refractivity contribution in [1.29, 1.82) is 0 Å². The van der Waals surface area contributed by atoms with E-state index in [1.165, 1.54) is 0 Å². The third-order valence-corrected chi connectivity index (χ3v) is 3.10. The Hall–Kier alpha value is -2.49. The number of benzene rings is 2. The van der Waals surface area contributed by atoms with E-state index in [1.807, 2.05) is 0 Å². The summed E-state index contributed by atoms with van der Waals surface area (Å²) >= 11 is 0. The van der Waals surface area contributed by atoms with Gasteiger partial charge in [-0.25, -0.2) is 0 Å². The molecule has 0 atom stereocenters. The van der Waals surface area contributed by atoms with Crippen LogP contribution in [0.3, 0.4) is 0 Å². The van der Waals surface area contributed by atoms with Crippen LogP contribution in [0.15, 0.2) is 36.4 Å². The van der Waals surface area contributed by atoms with Gasteiger partial charge in [0.1, 0.15) is 11.5 Å². The zero-order valence-corrected chi connectivity index (χ0v) is 11.7. The fourth-order valence-corrected chi connectivity index (χ4v) is 1.97. The van der Waals surface area contributed by atoms with Gasteiger partial charge in [-0.1, -0.05) is 0 Å². The number of carbonyl (C=O) groups excluding carboxylic acids is 1. The Bertz CT molecular complexity index is 610. The Balaban J connectivity index is 2.18. The lowest BCUT2D eigenvalue weighted by Gasteiger charge is -2.10. The topological polar surface area (TPSA) is 58.6 Å². The van der Waals surface area contributed by atoms with Crippen LogP contribution in [-0.2, 0) is 0 Å². The molecule has 0 unspecified atom stereocenters. The Labute approximate surface area is 118 Å². The Morgan fingerprint density at radius 1 is 1.10 bits per heavy atom. The molecule has 0 spiro atoms. The number of hydrogen-bond donors (Lipinski definition) is 2. The summed E-state index contributed by atoms with van der Waals surface area (Å²) in [5, 5.41) is 12.5.